The summed E-state index contributed by atoms with van der Waals surface area (Å²) in [5.41, 5.74) is 8.18. The Morgan fingerprint density at radius 1 is 1.03 bits per heavy atom. The zero-order chi connectivity index (χ0) is 23.5. The molecule has 0 saturated carbocycles. The molecule has 4 rings (SSSR count). The molecule has 1 atom stereocenters. The lowest BCUT2D eigenvalue weighted by Crippen LogP contribution is -2.26. The van der Waals surface area contributed by atoms with Gasteiger partial charge >= 0.3 is 6.09 Å². The summed E-state index contributed by atoms with van der Waals surface area (Å²) in [7, 11) is 3.21. The van der Waals surface area contributed by atoms with Crippen molar-refractivity contribution in [3.63, 3.8) is 0 Å². The summed E-state index contributed by atoms with van der Waals surface area (Å²) in [6.45, 7) is 0. The largest absolute Gasteiger partial charge is 0.414 e. The van der Waals surface area contributed by atoms with E-state index in [4.69, 9.17) is 33.7 Å². The zero-order valence-electron chi connectivity index (χ0n) is 17.9. The molecule has 0 bridgehead atoms. The highest BCUT2D eigenvalue weighted by Crippen LogP contribution is 2.43. The first-order chi connectivity index (χ1) is 15.9. The highest BCUT2D eigenvalue weighted by molar-refractivity contribution is 6.36. The van der Waals surface area contributed by atoms with Crippen molar-refractivity contribution in [3.05, 3.63) is 88.2 Å². The first-order valence-corrected chi connectivity index (χ1v) is 10.8. The second-order valence-electron chi connectivity index (χ2n) is 7.48. The number of aromatic nitrogens is 2. The summed E-state index contributed by atoms with van der Waals surface area (Å²) in [6.07, 6.45) is 2.73. The third kappa shape index (κ3) is 4.65. The van der Waals surface area contributed by atoms with Crippen LogP contribution in [0.15, 0.2) is 67.0 Å². The Morgan fingerprint density at radius 2 is 1.82 bits per heavy atom. The number of benzene rings is 2. The fraction of sp³-hybridized carbons (Fsp3) is 0.125. The van der Waals surface area contributed by atoms with Gasteiger partial charge in [0.05, 0.1) is 21.8 Å². The molecule has 0 radical (unpaired) electrons. The minimum absolute atomic E-state index is 0.264. The van der Waals surface area contributed by atoms with Crippen LogP contribution in [-0.4, -0.2) is 35.1 Å². The van der Waals surface area contributed by atoms with Crippen molar-refractivity contribution < 1.29 is 9.53 Å². The molecule has 3 N–H and O–H groups in total. The highest BCUT2D eigenvalue weighted by Gasteiger charge is 2.27. The number of carbonyl (C=O) groups excluding carboxylic acids is 1. The Labute approximate surface area is 201 Å². The van der Waals surface area contributed by atoms with E-state index in [9.17, 15) is 4.79 Å². The summed E-state index contributed by atoms with van der Waals surface area (Å²) in [6, 6.07) is 15.6. The first kappa shape index (κ1) is 22.6. The Morgan fingerprint density at radius 3 is 2.55 bits per heavy atom. The van der Waals surface area contributed by atoms with Gasteiger partial charge in [-0.2, -0.15) is 0 Å². The maximum absolute atomic E-state index is 12.6. The van der Waals surface area contributed by atoms with Crippen LogP contribution in [0.4, 0.5) is 16.3 Å². The van der Waals surface area contributed by atoms with Crippen molar-refractivity contribution in [2.45, 2.75) is 6.04 Å². The van der Waals surface area contributed by atoms with Gasteiger partial charge in [-0.25, -0.2) is 9.78 Å². The number of halogens is 2. The number of nitrogens with zero attached hydrogens (tertiary/aromatic N) is 3. The number of anilines is 2. The van der Waals surface area contributed by atoms with Gasteiger partial charge in [0.2, 0.25) is 0 Å². The monoisotopic (exact) mass is 481 g/mol. The van der Waals surface area contributed by atoms with Crippen LogP contribution < -0.4 is 15.8 Å². The second-order valence-corrected chi connectivity index (χ2v) is 8.27. The molecule has 1 unspecified atom stereocenters. The number of nitrogen functional groups attached to an aromatic ring is 1. The molecule has 2 aromatic carbocycles. The minimum atomic E-state index is -0.607. The summed E-state index contributed by atoms with van der Waals surface area (Å²) >= 11 is 13.3. The maximum atomic E-state index is 12.6. The standard InChI is InChI=1S/C24H21Cl2N5O2/c1-31(2)24(32)33-23-16(13-17(25)14-8-6-12-29-22(14)23)21(30-19-10-3-4-11-28-19)15-7-5-9-18(27)20(15)26/h3-13,21H,27H2,1-2H3,(H,28,30). The quantitative estimate of drug-likeness (QED) is 0.350. The van der Waals surface area contributed by atoms with E-state index in [1.165, 1.54) is 4.90 Å². The molecule has 0 fully saturated rings. The molecule has 0 saturated heterocycles. The number of ether oxygens (including phenoxy) is 1. The summed E-state index contributed by atoms with van der Waals surface area (Å²) in [5.74, 6) is 0.851. The number of hydrogen-bond donors (Lipinski definition) is 2. The number of fused-ring (bicyclic) bond motifs is 1. The molecule has 0 aliphatic carbocycles. The smallest absolute Gasteiger partial charge is 0.407 e. The van der Waals surface area contributed by atoms with Crippen LogP contribution in [0.2, 0.25) is 10.0 Å². The van der Waals surface area contributed by atoms with Crippen LogP contribution in [0.5, 0.6) is 5.75 Å². The van der Waals surface area contributed by atoms with E-state index in [0.717, 1.165) is 0 Å². The molecule has 168 valence electrons. The van der Waals surface area contributed by atoms with Crippen molar-refractivity contribution in [3.8, 4) is 5.75 Å². The number of amides is 1. The molecule has 33 heavy (non-hydrogen) atoms. The lowest BCUT2D eigenvalue weighted by Gasteiger charge is -2.25. The van der Waals surface area contributed by atoms with Gasteiger partial charge in [0, 0.05) is 37.4 Å². The first-order valence-electron chi connectivity index (χ1n) is 10.0. The molecule has 0 aliphatic rings. The average Bonchev–Trinajstić information content (AvgIpc) is 2.82. The van der Waals surface area contributed by atoms with Crippen LogP contribution in [0.25, 0.3) is 10.9 Å². The molecule has 2 heterocycles. The number of nitrogens with one attached hydrogen (secondary N) is 1. The molecule has 4 aromatic rings. The number of carbonyl (C=O) groups is 1. The second kappa shape index (κ2) is 9.52. The van der Waals surface area contributed by atoms with Crippen LogP contribution in [0.3, 0.4) is 0 Å². The normalized spacial score (nSPS) is 11.8. The molecular weight excluding hydrogens is 461 g/mol. The Hall–Kier alpha value is -3.55. The molecule has 2 aromatic heterocycles. The fourth-order valence-corrected chi connectivity index (χ4v) is 3.91. The zero-order valence-corrected chi connectivity index (χ0v) is 19.4. The molecule has 9 heteroatoms. The van der Waals surface area contributed by atoms with Crippen LogP contribution in [-0.2, 0) is 0 Å². The van der Waals surface area contributed by atoms with E-state index in [2.05, 4.69) is 15.3 Å². The van der Waals surface area contributed by atoms with Crippen molar-refractivity contribution in [2.75, 3.05) is 25.1 Å². The summed E-state index contributed by atoms with van der Waals surface area (Å²) < 4.78 is 5.82. The van der Waals surface area contributed by atoms with E-state index in [1.807, 2.05) is 30.3 Å². The van der Waals surface area contributed by atoms with Gasteiger partial charge < -0.3 is 20.7 Å². The lowest BCUT2D eigenvalue weighted by molar-refractivity contribution is 0.172. The predicted octanol–water partition coefficient (Wildman–Crippen LogP) is 5.78. The fourth-order valence-electron chi connectivity index (χ4n) is 3.41. The van der Waals surface area contributed by atoms with E-state index in [1.54, 1.807) is 50.8 Å². The van der Waals surface area contributed by atoms with Crippen molar-refractivity contribution >= 4 is 51.7 Å². The van der Waals surface area contributed by atoms with E-state index >= 15 is 0 Å². The van der Waals surface area contributed by atoms with Gasteiger partial charge in [-0.15, -0.1) is 0 Å². The van der Waals surface area contributed by atoms with Gasteiger partial charge in [0.1, 0.15) is 11.3 Å². The third-order valence-electron chi connectivity index (χ3n) is 5.02. The highest BCUT2D eigenvalue weighted by atomic mass is 35.5. The van der Waals surface area contributed by atoms with Crippen LogP contribution in [0.1, 0.15) is 17.2 Å². The van der Waals surface area contributed by atoms with Gasteiger partial charge in [-0.3, -0.25) is 4.98 Å². The Kier molecular flexibility index (Phi) is 6.53. The Balaban J connectivity index is 1.99. The summed E-state index contributed by atoms with van der Waals surface area (Å²) in [4.78, 5) is 22.8. The van der Waals surface area contributed by atoms with Gasteiger partial charge in [0.15, 0.2) is 5.75 Å². The lowest BCUT2D eigenvalue weighted by atomic mass is 9.95. The number of pyridine rings is 2. The number of hydrogen-bond acceptors (Lipinski definition) is 6. The average molecular weight is 482 g/mol. The van der Waals surface area contributed by atoms with Crippen molar-refractivity contribution in [2.24, 2.45) is 0 Å². The molecule has 0 aliphatic heterocycles. The topological polar surface area (TPSA) is 93.4 Å². The molecule has 0 spiro atoms. The van der Waals surface area contributed by atoms with Gasteiger partial charge in [-0.05, 0) is 42.0 Å². The third-order valence-corrected chi connectivity index (χ3v) is 5.77. The molecular formula is C24H21Cl2N5O2. The van der Waals surface area contributed by atoms with E-state index in [-0.39, 0.29) is 5.75 Å². The van der Waals surface area contributed by atoms with Gasteiger partial charge in [0.25, 0.3) is 0 Å². The van der Waals surface area contributed by atoms with Gasteiger partial charge in [-0.1, -0.05) is 41.4 Å². The molecule has 1 amide bonds. The Bertz CT molecular complexity index is 1320. The van der Waals surface area contributed by atoms with E-state index < -0.39 is 12.1 Å². The SMILES string of the molecule is CN(C)C(=O)Oc1c(C(Nc2ccccn2)c2cccc(N)c2Cl)cc(Cl)c2cccnc12. The minimum Gasteiger partial charge on any atom is -0.407 e. The molecule has 7 nitrogen and oxygen atoms in total. The predicted molar refractivity (Wildman–Crippen MR) is 132 cm³/mol. The van der Waals surface area contributed by atoms with E-state index in [0.29, 0.717) is 43.6 Å². The maximum Gasteiger partial charge on any atom is 0.414 e. The van der Waals surface area contributed by atoms with Crippen LogP contribution >= 0.6 is 23.2 Å². The number of nitrogens with two attached hydrogens (primary N) is 1. The number of rotatable bonds is 5. The summed E-state index contributed by atoms with van der Waals surface area (Å²) in [5, 5.41) is 4.84. The van der Waals surface area contributed by atoms with Crippen molar-refractivity contribution in [1.29, 1.82) is 0 Å². The van der Waals surface area contributed by atoms with Crippen molar-refractivity contribution in [1.82, 2.24) is 14.9 Å². The van der Waals surface area contributed by atoms with Crippen LogP contribution in [0, 0.1) is 0 Å².